The van der Waals surface area contributed by atoms with Crippen LogP contribution in [0.5, 0.6) is 0 Å². The SMILES string of the molecule is C=C(CC1=C(C)NC(C)=C(C(=O)OCCOC)C1c1cccc([N+](=O)[O-])c1)C(=O)O. The molecule has 1 atom stereocenters. The molecule has 2 rings (SSSR count). The van der Waals surface area contributed by atoms with E-state index in [4.69, 9.17) is 9.47 Å². The minimum absolute atomic E-state index is 0.0242. The molecule has 1 aromatic rings. The van der Waals surface area contributed by atoms with Crippen molar-refractivity contribution in [2.45, 2.75) is 26.2 Å². The first-order chi connectivity index (χ1) is 14.2. The number of carboxylic acid groups (broad SMARTS) is 1. The van der Waals surface area contributed by atoms with Crippen LogP contribution in [0.1, 0.15) is 31.7 Å². The number of esters is 1. The molecule has 0 aromatic heterocycles. The number of aliphatic carboxylic acids is 1. The first-order valence-corrected chi connectivity index (χ1v) is 9.16. The lowest BCUT2D eigenvalue weighted by atomic mass is 9.78. The summed E-state index contributed by atoms with van der Waals surface area (Å²) < 4.78 is 10.2. The number of allylic oxidation sites excluding steroid dienone is 3. The summed E-state index contributed by atoms with van der Waals surface area (Å²) >= 11 is 0. The lowest BCUT2D eigenvalue weighted by Gasteiger charge is -2.31. The summed E-state index contributed by atoms with van der Waals surface area (Å²) in [4.78, 5) is 35.0. The number of methoxy groups -OCH3 is 1. The fourth-order valence-corrected chi connectivity index (χ4v) is 3.33. The zero-order valence-electron chi connectivity index (χ0n) is 17.1. The molecule has 0 spiro atoms. The van der Waals surface area contributed by atoms with Crippen molar-refractivity contribution in [1.29, 1.82) is 0 Å². The first kappa shape index (κ1) is 22.8. The molecule has 1 unspecified atom stereocenters. The average molecular weight is 416 g/mol. The summed E-state index contributed by atoms with van der Waals surface area (Å²) in [6.07, 6.45) is -0.0242. The van der Waals surface area contributed by atoms with E-state index in [1.807, 2.05) is 0 Å². The molecule has 1 aromatic carbocycles. The van der Waals surface area contributed by atoms with Crippen molar-refractivity contribution in [3.8, 4) is 0 Å². The molecule has 9 heteroatoms. The van der Waals surface area contributed by atoms with Gasteiger partial charge in [0.25, 0.3) is 5.69 Å². The number of nitro benzene ring substituents is 1. The minimum Gasteiger partial charge on any atom is -0.478 e. The number of hydrogen-bond donors (Lipinski definition) is 2. The first-order valence-electron chi connectivity index (χ1n) is 9.16. The minimum atomic E-state index is -1.16. The molecule has 1 aliphatic rings. The molecule has 0 saturated heterocycles. The van der Waals surface area contributed by atoms with Gasteiger partial charge < -0.3 is 19.9 Å². The Labute approximate surface area is 173 Å². The molecule has 1 heterocycles. The molecule has 160 valence electrons. The largest absolute Gasteiger partial charge is 0.478 e. The van der Waals surface area contributed by atoms with Gasteiger partial charge in [0.1, 0.15) is 6.61 Å². The maximum atomic E-state index is 12.9. The highest BCUT2D eigenvalue weighted by atomic mass is 16.6. The number of ether oxygens (including phenoxy) is 2. The second kappa shape index (κ2) is 9.84. The highest BCUT2D eigenvalue weighted by Gasteiger charge is 2.35. The summed E-state index contributed by atoms with van der Waals surface area (Å²) in [5.74, 6) is -2.50. The van der Waals surface area contributed by atoms with Gasteiger partial charge in [-0.3, -0.25) is 10.1 Å². The zero-order valence-corrected chi connectivity index (χ0v) is 17.1. The van der Waals surface area contributed by atoms with Gasteiger partial charge in [-0.05, 0) is 25.0 Å². The summed E-state index contributed by atoms with van der Waals surface area (Å²) in [6.45, 7) is 7.29. The topological polar surface area (TPSA) is 128 Å². The third-order valence-electron chi connectivity index (χ3n) is 4.76. The third-order valence-corrected chi connectivity index (χ3v) is 4.76. The van der Waals surface area contributed by atoms with Crippen LogP contribution in [0.3, 0.4) is 0 Å². The number of carbonyl (C=O) groups excluding carboxylic acids is 1. The number of carbonyl (C=O) groups is 2. The lowest BCUT2D eigenvalue weighted by Crippen LogP contribution is -2.30. The maximum absolute atomic E-state index is 12.9. The quantitative estimate of drug-likeness (QED) is 0.207. The van der Waals surface area contributed by atoms with Gasteiger partial charge in [0.05, 0.1) is 17.1 Å². The molecule has 9 nitrogen and oxygen atoms in total. The van der Waals surface area contributed by atoms with E-state index < -0.39 is 22.8 Å². The molecule has 0 radical (unpaired) electrons. The van der Waals surface area contributed by atoms with Crippen molar-refractivity contribution in [3.63, 3.8) is 0 Å². The Bertz CT molecular complexity index is 946. The Kier molecular flexibility index (Phi) is 7.48. The number of benzene rings is 1. The smallest absolute Gasteiger partial charge is 0.336 e. The zero-order chi connectivity index (χ0) is 22.4. The Balaban J connectivity index is 2.59. The number of hydrogen-bond acceptors (Lipinski definition) is 7. The number of nitro groups is 1. The summed E-state index contributed by atoms with van der Waals surface area (Å²) in [7, 11) is 1.48. The molecular formula is C21H24N2O7. The number of nitrogens with one attached hydrogen (secondary N) is 1. The van der Waals surface area contributed by atoms with E-state index in [2.05, 4.69) is 11.9 Å². The number of carboxylic acids is 1. The highest BCUT2D eigenvalue weighted by Crippen LogP contribution is 2.41. The third kappa shape index (κ3) is 5.12. The Morgan fingerprint density at radius 3 is 2.57 bits per heavy atom. The standard InChI is InChI=1S/C21H24N2O7/c1-12(20(24)25)10-17-13(2)22-14(3)18(21(26)30-9-8-29-4)19(17)15-6-5-7-16(11-15)23(27)28/h5-7,11,19,22H,1,8-10H2,2-4H3,(H,24,25). The monoisotopic (exact) mass is 416 g/mol. The van der Waals surface area contributed by atoms with Crippen LogP contribution in [-0.2, 0) is 19.1 Å². The van der Waals surface area contributed by atoms with E-state index in [1.165, 1.54) is 25.3 Å². The van der Waals surface area contributed by atoms with Crippen molar-refractivity contribution >= 4 is 17.6 Å². The van der Waals surface area contributed by atoms with Crippen LogP contribution in [0.15, 0.2) is 59.0 Å². The van der Waals surface area contributed by atoms with Crippen LogP contribution in [0.2, 0.25) is 0 Å². The average Bonchev–Trinajstić information content (AvgIpc) is 2.69. The van der Waals surface area contributed by atoms with Gasteiger partial charge in [0.2, 0.25) is 0 Å². The van der Waals surface area contributed by atoms with Gasteiger partial charge >= 0.3 is 11.9 Å². The van der Waals surface area contributed by atoms with Crippen LogP contribution in [-0.4, -0.2) is 42.3 Å². The number of dihydropyridines is 1. The molecule has 0 amide bonds. The van der Waals surface area contributed by atoms with Crippen LogP contribution in [0.4, 0.5) is 5.69 Å². The van der Waals surface area contributed by atoms with Crippen molar-refractivity contribution in [2.75, 3.05) is 20.3 Å². The number of non-ortho nitro benzene ring substituents is 1. The van der Waals surface area contributed by atoms with Crippen LogP contribution in [0.25, 0.3) is 0 Å². The van der Waals surface area contributed by atoms with Gasteiger partial charge in [-0.2, -0.15) is 0 Å². The van der Waals surface area contributed by atoms with Crippen LogP contribution >= 0.6 is 0 Å². The predicted octanol–water partition coefficient (Wildman–Crippen LogP) is 3.05. The van der Waals surface area contributed by atoms with E-state index in [1.54, 1.807) is 19.9 Å². The number of nitrogens with zero attached hydrogens (tertiary/aromatic N) is 1. The van der Waals surface area contributed by atoms with E-state index in [0.717, 1.165) is 0 Å². The molecule has 0 saturated carbocycles. The second-order valence-electron chi connectivity index (χ2n) is 6.81. The van der Waals surface area contributed by atoms with Crippen molar-refractivity contribution < 1.29 is 29.1 Å². The lowest BCUT2D eigenvalue weighted by molar-refractivity contribution is -0.384. The van der Waals surface area contributed by atoms with E-state index >= 15 is 0 Å². The number of rotatable bonds is 9. The normalized spacial score (nSPS) is 16.2. The second-order valence-corrected chi connectivity index (χ2v) is 6.81. The van der Waals surface area contributed by atoms with E-state index in [9.17, 15) is 24.8 Å². The molecular weight excluding hydrogens is 392 g/mol. The summed E-state index contributed by atoms with van der Waals surface area (Å²) in [5.41, 5.74) is 2.29. The fourth-order valence-electron chi connectivity index (χ4n) is 3.33. The molecule has 0 aliphatic carbocycles. The van der Waals surface area contributed by atoms with Gasteiger partial charge in [-0.25, -0.2) is 9.59 Å². The Morgan fingerprint density at radius 2 is 1.97 bits per heavy atom. The Morgan fingerprint density at radius 1 is 1.27 bits per heavy atom. The van der Waals surface area contributed by atoms with Crippen molar-refractivity contribution in [1.82, 2.24) is 5.32 Å². The molecule has 2 N–H and O–H groups in total. The van der Waals surface area contributed by atoms with Crippen molar-refractivity contribution in [2.24, 2.45) is 0 Å². The van der Waals surface area contributed by atoms with Crippen molar-refractivity contribution in [3.05, 3.63) is 74.6 Å². The predicted molar refractivity (Wildman–Crippen MR) is 109 cm³/mol. The Hall–Kier alpha value is -3.46. The van der Waals surface area contributed by atoms with Crippen LogP contribution in [0, 0.1) is 10.1 Å². The fraction of sp³-hybridized carbons (Fsp3) is 0.333. The maximum Gasteiger partial charge on any atom is 0.336 e. The molecule has 0 bridgehead atoms. The van der Waals surface area contributed by atoms with E-state index in [-0.39, 0.29) is 36.5 Å². The molecule has 30 heavy (non-hydrogen) atoms. The summed E-state index contributed by atoms with van der Waals surface area (Å²) in [5, 5.41) is 23.7. The van der Waals surface area contributed by atoms with E-state index in [0.29, 0.717) is 22.5 Å². The summed E-state index contributed by atoms with van der Waals surface area (Å²) in [6, 6.07) is 5.92. The van der Waals surface area contributed by atoms with Gasteiger partial charge in [0.15, 0.2) is 0 Å². The highest BCUT2D eigenvalue weighted by molar-refractivity contribution is 5.93. The van der Waals surface area contributed by atoms with Crippen LogP contribution < -0.4 is 5.32 Å². The molecule has 0 fully saturated rings. The molecule has 1 aliphatic heterocycles. The van der Waals surface area contributed by atoms with Gasteiger partial charge in [0, 0.05) is 48.5 Å². The van der Waals surface area contributed by atoms with Gasteiger partial charge in [-0.1, -0.05) is 18.7 Å². The van der Waals surface area contributed by atoms with Gasteiger partial charge in [-0.15, -0.1) is 0 Å².